The maximum absolute atomic E-state index is 12.7. The summed E-state index contributed by atoms with van der Waals surface area (Å²) in [7, 11) is 1.23. The number of benzene rings is 1. The first-order chi connectivity index (χ1) is 6.63. The Labute approximate surface area is 80.4 Å². The van der Waals surface area contributed by atoms with Crippen molar-refractivity contribution in [2.45, 2.75) is 0 Å². The molecule has 0 atom stereocenters. The van der Waals surface area contributed by atoms with E-state index >= 15 is 0 Å². The molecule has 14 heavy (non-hydrogen) atoms. The number of methoxy groups -OCH3 is 1. The van der Waals surface area contributed by atoms with Gasteiger partial charge in [-0.1, -0.05) is 0 Å². The summed E-state index contributed by atoms with van der Waals surface area (Å²) in [6, 6.07) is 3.46. The first-order valence-electron chi connectivity index (χ1n) is 3.88. The van der Waals surface area contributed by atoms with Gasteiger partial charge in [-0.25, -0.2) is 9.18 Å². The zero-order valence-corrected chi connectivity index (χ0v) is 7.53. The quantitative estimate of drug-likeness (QED) is 0.578. The third-order valence-corrected chi connectivity index (χ3v) is 1.59. The molecule has 0 bridgehead atoms. The van der Waals surface area contributed by atoms with E-state index in [0.29, 0.717) is 0 Å². The van der Waals surface area contributed by atoms with Crippen molar-refractivity contribution in [3.8, 4) is 5.75 Å². The fraction of sp³-hybridized carbons (Fsp3) is 0.100. The zero-order chi connectivity index (χ0) is 10.6. The van der Waals surface area contributed by atoms with Crippen LogP contribution < -0.4 is 0 Å². The lowest BCUT2D eigenvalue weighted by molar-refractivity contribution is -0.134. The number of phenolic OH excluding ortho intramolecular Hbond substituents is 1. The van der Waals surface area contributed by atoms with Crippen LogP contribution in [0.5, 0.6) is 5.75 Å². The van der Waals surface area contributed by atoms with E-state index in [1.165, 1.54) is 19.3 Å². The van der Waals surface area contributed by atoms with Gasteiger partial charge in [0.05, 0.1) is 7.11 Å². The summed E-state index contributed by atoms with van der Waals surface area (Å²) < 4.78 is 17.0. The number of hydrogen-bond acceptors (Lipinski definition) is 3. The first kappa shape index (κ1) is 10.2. The van der Waals surface area contributed by atoms with Gasteiger partial charge in [-0.15, -0.1) is 0 Å². The SMILES string of the molecule is COC(=O)C=Cc1cc(F)ccc1O. The number of carbonyl (C=O) groups is 1. The normalized spacial score (nSPS) is 10.4. The van der Waals surface area contributed by atoms with Crippen molar-refractivity contribution in [2.24, 2.45) is 0 Å². The van der Waals surface area contributed by atoms with Crippen LogP contribution in [0.25, 0.3) is 6.08 Å². The lowest BCUT2D eigenvalue weighted by Gasteiger charge is -1.98. The van der Waals surface area contributed by atoms with Crippen molar-refractivity contribution >= 4 is 12.0 Å². The van der Waals surface area contributed by atoms with E-state index in [4.69, 9.17) is 0 Å². The summed E-state index contributed by atoms with van der Waals surface area (Å²) in [4.78, 5) is 10.7. The third-order valence-electron chi connectivity index (χ3n) is 1.59. The van der Waals surface area contributed by atoms with Gasteiger partial charge in [0.15, 0.2) is 0 Å². The van der Waals surface area contributed by atoms with Crippen LogP contribution in [0.4, 0.5) is 4.39 Å². The Morgan fingerprint density at radius 1 is 1.57 bits per heavy atom. The largest absolute Gasteiger partial charge is 0.507 e. The van der Waals surface area contributed by atoms with Crippen LogP contribution in [0.15, 0.2) is 24.3 Å². The number of halogens is 1. The number of rotatable bonds is 2. The van der Waals surface area contributed by atoms with Gasteiger partial charge in [0.1, 0.15) is 11.6 Å². The van der Waals surface area contributed by atoms with E-state index in [-0.39, 0.29) is 11.3 Å². The minimum Gasteiger partial charge on any atom is -0.507 e. The van der Waals surface area contributed by atoms with Gasteiger partial charge in [-0.2, -0.15) is 0 Å². The summed E-state index contributed by atoms with van der Waals surface area (Å²) in [5, 5.41) is 9.25. The highest BCUT2D eigenvalue weighted by atomic mass is 19.1. The van der Waals surface area contributed by atoms with Crippen LogP contribution in [0.2, 0.25) is 0 Å². The van der Waals surface area contributed by atoms with Crippen molar-refractivity contribution in [3.05, 3.63) is 35.7 Å². The van der Waals surface area contributed by atoms with E-state index in [2.05, 4.69) is 4.74 Å². The fourth-order valence-corrected chi connectivity index (χ4v) is 0.885. The number of esters is 1. The van der Waals surface area contributed by atoms with Gasteiger partial charge in [0.25, 0.3) is 0 Å². The molecule has 0 radical (unpaired) electrons. The monoisotopic (exact) mass is 196 g/mol. The Hall–Kier alpha value is -1.84. The van der Waals surface area contributed by atoms with Crippen LogP contribution in [0.1, 0.15) is 5.56 Å². The van der Waals surface area contributed by atoms with E-state index in [1.807, 2.05) is 0 Å². The Morgan fingerprint density at radius 3 is 2.93 bits per heavy atom. The molecule has 4 heteroatoms. The van der Waals surface area contributed by atoms with Crippen molar-refractivity contribution < 1.29 is 19.0 Å². The molecule has 1 aromatic carbocycles. The molecule has 1 N–H and O–H groups in total. The third kappa shape index (κ3) is 2.58. The van der Waals surface area contributed by atoms with Gasteiger partial charge in [-0.3, -0.25) is 0 Å². The Morgan fingerprint density at radius 2 is 2.29 bits per heavy atom. The minimum absolute atomic E-state index is 0.0912. The highest BCUT2D eigenvalue weighted by Gasteiger charge is 2.00. The highest BCUT2D eigenvalue weighted by Crippen LogP contribution is 2.19. The van der Waals surface area contributed by atoms with E-state index in [0.717, 1.165) is 18.2 Å². The number of ether oxygens (including phenoxy) is 1. The van der Waals surface area contributed by atoms with Gasteiger partial charge in [-0.05, 0) is 24.3 Å². The summed E-state index contributed by atoms with van der Waals surface area (Å²) >= 11 is 0. The Bertz CT molecular complexity index is 372. The summed E-state index contributed by atoms with van der Waals surface area (Å²) in [5.74, 6) is -1.13. The molecule has 74 valence electrons. The summed E-state index contributed by atoms with van der Waals surface area (Å²) in [5.41, 5.74) is 0.232. The van der Waals surface area contributed by atoms with E-state index in [9.17, 15) is 14.3 Å². The second kappa shape index (κ2) is 4.41. The maximum atomic E-state index is 12.7. The molecule has 0 heterocycles. The smallest absolute Gasteiger partial charge is 0.330 e. The van der Waals surface area contributed by atoms with Gasteiger partial charge in [0.2, 0.25) is 0 Å². The van der Waals surface area contributed by atoms with Crippen LogP contribution >= 0.6 is 0 Å². The van der Waals surface area contributed by atoms with Crippen molar-refractivity contribution in [1.29, 1.82) is 0 Å². The molecule has 0 saturated heterocycles. The lowest BCUT2D eigenvalue weighted by Crippen LogP contribution is -1.93. The molecule has 1 rings (SSSR count). The van der Waals surface area contributed by atoms with Crippen molar-refractivity contribution in [1.82, 2.24) is 0 Å². The molecule has 0 aromatic heterocycles. The topological polar surface area (TPSA) is 46.5 Å². The Kier molecular flexibility index (Phi) is 3.23. The van der Waals surface area contributed by atoms with Crippen LogP contribution in [-0.2, 0) is 9.53 Å². The van der Waals surface area contributed by atoms with Gasteiger partial charge < -0.3 is 9.84 Å². The number of aromatic hydroxyl groups is 1. The molecule has 0 aliphatic heterocycles. The average Bonchev–Trinajstić information content (AvgIpc) is 2.19. The predicted octanol–water partition coefficient (Wildman–Crippen LogP) is 1.72. The van der Waals surface area contributed by atoms with Crippen LogP contribution in [-0.4, -0.2) is 18.2 Å². The van der Waals surface area contributed by atoms with Crippen molar-refractivity contribution in [2.75, 3.05) is 7.11 Å². The molecule has 0 saturated carbocycles. The predicted molar refractivity (Wildman–Crippen MR) is 49.1 cm³/mol. The molecule has 0 aliphatic carbocycles. The number of phenols is 1. The standard InChI is InChI=1S/C10H9FO3/c1-14-10(13)5-2-7-6-8(11)3-4-9(7)12/h2-6,12H,1H3. The van der Waals surface area contributed by atoms with Crippen molar-refractivity contribution in [3.63, 3.8) is 0 Å². The first-order valence-corrected chi connectivity index (χ1v) is 3.88. The Balaban J connectivity index is 2.90. The molecular weight excluding hydrogens is 187 g/mol. The molecule has 0 unspecified atom stereocenters. The van der Waals surface area contributed by atoms with E-state index in [1.54, 1.807) is 0 Å². The minimum atomic E-state index is -0.561. The van der Waals surface area contributed by atoms with Crippen LogP contribution in [0.3, 0.4) is 0 Å². The van der Waals surface area contributed by atoms with Crippen LogP contribution in [0, 0.1) is 5.82 Å². The lowest BCUT2D eigenvalue weighted by atomic mass is 10.2. The fourth-order valence-electron chi connectivity index (χ4n) is 0.885. The summed E-state index contributed by atoms with van der Waals surface area (Å²) in [6.07, 6.45) is 2.39. The maximum Gasteiger partial charge on any atom is 0.330 e. The second-order valence-electron chi connectivity index (χ2n) is 2.56. The molecule has 0 fully saturated rings. The average molecular weight is 196 g/mol. The zero-order valence-electron chi connectivity index (χ0n) is 7.53. The molecule has 1 aromatic rings. The van der Waals surface area contributed by atoms with Gasteiger partial charge in [0, 0.05) is 11.6 Å². The molecular formula is C10H9FO3. The molecule has 0 spiro atoms. The molecule has 0 aliphatic rings. The van der Waals surface area contributed by atoms with E-state index < -0.39 is 11.8 Å². The highest BCUT2D eigenvalue weighted by molar-refractivity contribution is 5.87. The number of carbonyl (C=O) groups excluding carboxylic acids is 1. The number of hydrogen-bond donors (Lipinski definition) is 1. The molecule has 3 nitrogen and oxygen atoms in total. The molecule has 0 amide bonds. The second-order valence-corrected chi connectivity index (χ2v) is 2.56. The summed E-state index contributed by atoms with van der Waals surface area (Å²) in [6.45, 7) is 0. The van der Waals surface area contributed by atoms with Gasteiger partial charge >= 0.3 is 5.97 Å².